The minimum Gasteiger partial charge on any atom is -0.480 e. The molecule has 0 aromatic carbocycles. The molecule has 0 fully saturated rings. The summed E-state index contributed by atoms with van der Waals surface area (Å²) in [7, 11) is 0. The van der Waals surface area contributed by atoms with Gasteiger partial charge < -0.3 is 10.4 Å². The highest BCUT2D eigenvalue weighted by Gasteiger charge is 2.31. The maximum Gasteiger partial charge on any atom is 0.321 e. The molecule has 5 nitrogen and oxygen atoms in total. The molecule has 4 aliphatic rings. The van der Waals surface area contributed by atoms with Crippen LogP contribution in [0.4, 0.5) is 0 Å². The highest BCUT2D eigenvalue weighted by Crippen LogP contribution is 2.31. The zero-order chi connectivity index (χ0) is 20.9. The molecule has 2 N–H and O–H groups in total. The van der Waals surface area contributed by atoms with E-state index in [0.717, 1.165) is 37.1 Å². The molecule has 0 bridgehead atoms. The maximum atomic E-state index is 12.1. The molecule has 160 valence electrons. The van der Waals surface area contributed by atoms with Gasteiger partial charge in [0.1, 0.15) is 6.04 Å². The third-order valence-corrected chi connectivity index (χ3v) is 6.96. The second kappa shape index (κ2) is 9.94. The van der Waals surface area contributed by atoms with E-state index >= 15 is 0 Å². The van der Waals surface area contributed by atoms with Gasteiger partial charge in [-0.15, -0.1) is 0 Å². The molecule has 2 heterocycles. The lowest BCUT2D eigenvalue weighted by Gasteiger charge is -2.36. The van der Waals surface area contributed by atoms with E-state index in [1.54, 1.807) is 11.8 Å². The van der Waals surface area contributed by atoms with Crippen molar-refractivity contribution >= 4 is 23.4 Å². The van der Waals surface area contributed by atoms with E-state index < -0.39 is 12.0 Å². The van der Waals surface area contributed by atoms with Gasteiger partial charge in [-0.3, -0.25) is 14.7 Å². The summed E-state index contributed by atoms with van der Waals surface area (Å²) in [6, 6.07) is -0.0576. The van der Waals surface area contributed by atoms with Gasteiger partial charge in [0, 0.05) is 48.3 Å². The number of carbonyl (C=O) groups is 1. The van der Waals surface area contributed by atoms with Crippen LogP contribution in [0.25, 0.3) is 0 Å². The number of thioether (sulfide) groups is 1. The molecule has 3 unspecified atom stereocenters. The van der Waals surface area contributed by atoms with Crippen molar-refractivity contribution in [1.29, 1.82) is 0 Å². The van der Waals surface area contributed by atoms with Crippen LogP contribution in [0.1, 0.15) is 25.7 Å². The zero-order valence-electron chi connectivity index (χ0n) is 17.5. The Bertz CT molecular complexity index is 839. The summed E-state index contributed by atoms with van der Waals surface area (Å²) in [4.78, 5) is 19.1. The van der Waals surface area contributed by atoms with Crippen LogP contribution >= 0.6 is 11.8 Å². The molecule has 4 rings (SSSR count). The third-order valence-electron chi connectivity index (χ3n) is 6.31. The summed E-state index contributed by atoms with van der Waals surface area (Å²) in [6.45, 7) is 1.29. The number of nitrogens with zero attached hydrogens (tertiary/aromatic N) is 2. The molecule has 6 heteroatoms. The zero-order valence-corrected chi connectivity index (χ0v) is 18.4. The Kier molecular flexibility index (Phi) is 7.08. The summed E-state index contributed by atoms with van der Waals surface area (Å²) in [5.41, 5.74) is 3.58. The number of hydrogen-bond acceptors (Lipinski definition) is 5. The highest BCUT2D eigenvalue weighted by atomic mass is 32.2. The highest BCUT2D eigenvalue weighted by molar-refractivity contribution is 7.98. The first-order chi connectivity index (χ1) is 14.6. The summed E-state index contributed by atoms with van der Waals surface area (Å²) >= 11 is 1.59. The van der Waals surface area contributed by atoms with E-state index in [1.165, 1.54) is 5.57 Å². The minimum absolute atomic E-state index is 0.135. The van der Waals surface area contributed by atoms with Gasteiger partial charge in [-0.25, -0.2) is 0 Å². The van der Waals surface area contributed by atoms with Gasteiger partial charge >= 0.3 is 5.97 Å². The predicted molar refractivity (Wildman–Crippen MR) is 125 cm³/mol. The molecule has 4 atom stereocenters. The second-order valence-corrected chi connectivity index (χ2v) is 9.33. The number of rotatable bonds is 8. The van der Waals surface area contributed by atoms with Crippen LogP contribution in [0.3, 0.4) is 0 Å². The number of carboxylic acids is 1. The maximum absolute atomic E-state index is 12.1. The topological polar surface area (TPSA) is 64.9 Å². The number of aliphatic imine (C=N–C) groups is 1. The van der Waals surface area contributed by atoms with Gasteiger partial charge in [-0.05, 0) is 43.6 Å². The van der Waals surface area contributed by atoms with E-state index in [1.807, 2.05) is 6.26 Å². The van der Waals surface area contributed by atoms with Crippen LogP contribution in [0.15, 0.2) is 64.9 Å². The lowest BCUT2D eigenvalue weighted by atomic mass is 9.88. The van der Waals surface area contributed by atoms with Crippen molar-refractivity contribution in [3.8, 4) is 0 Å². The Hall–Kier alpha value is -1.89. The van der Waals surface area contributed by atoms with Crippen LogP contribution in [-0.4, -0.2) is 64.9 Å². The third kappa shape index (κ3) is 5.05. The van der Waals surface area contributed by atoms with Gasteiger partial charge in [0.05, 0.1) is 0 Å². The molecule has 0 saturated heterocycles. The molecular weight excluding hydrogens is 394 g/mol. The molecular formula is C24H31N3O2S. The van der Waals surface area contributed by atoms with Gasteiger partial charge in [-0.2, -0.15) is 11.8 Å². The smallest absolute Gasteiger partial charge is 0.321 e. The van der Waals surface area contributed by atoms with Gasteiger partial charge in [0.25, 0.3) is 0 Å². The first-order valence-corrected chi connectivity index (χ1v) is 12.2. The number of allylic oxidation sites excluding steroid dienone is 6. The fraction of sp³-hybridized carbons (Fsp3) is 0.500. The van der Waals surface area contributed by atoms with Crippen LogP contribution in [0.5, 0.6) is 0 Å². The molecule has 0 saturated carbocycles. The van der Waals surface area contributed by atoms with Crippen LogP contribution < -0.4 is 5.32 Å². The number of hydrogen-bond donors (Lipinski definition) is 2. The average molecular weight is 426 g/mol. The van der Waals surface area contributed by atoms with Crippen molar-refractivity contribution in [3.05, 3.63) is 59.9 Å². The van der Waals surface area contributed by atoms with E-state index in [9.17, 15) is 9.90 Å². The molecule has 2 aliphatic heterocycles. The predicted octanol–water partition coefficient (Wildman–Crippen LogP) is 3.58. The number of nitrogens with one attached hydrogen (secondary N) is 1. The van der Waals surface area contributed by atoms with Crippen molar-refractivity contribution in [2.45, 2.75) is 43.8 Å². The van der Waals surface area contributed by atoms with E-state index in [2.05, 4.69) is 58.8 Å². The number of carboxylic acid groups (broad SMARTS) is 1. The van der Waals surface area contributed by atoms with Crippen LogP contribution in [0, 0.1) is 5.92 Å². The van der Waals surface area contributed by atoms with E-state index in [0.29, 0.717) is 30.8 Å². The van der Waals surface area contributed by atoms with Crippen LogP contribution in [0.2, 0.25) is 0 Å². The average Bonchev–Trinajstić information content (AvgIpc) is 2.76. The first-order valence-electron chi connectivity index (χ1n) is 10.8. The molecule has 0 amide bonds. The molecule has 0 spiro atoms. The Morgan fingerprint density at radius 2 is 2.17 bits per heavy atom. The summed E-state index contributed by atoms with van der Waals surface area (Å²) in [6.07, 6.45) is 23.3. The van der Waals surface area contributed by atoms with Gasteiger partial charge in [-0.1, -0.05) is 42.5 Å². The Morgan fingerprint density at radius 1 is 1.33 bits per heavy atom. The minimum atomic E-state index is -0.751. The van der Waals surface area contributed by atoms with Crippen molar-refractivity contribution < 1.29 is 9.90 Å². The standard InChI is InChI=1S/C24H31N3O2S/c1-30-16-23(24(28)29)27(14-19-12-10-17-6-2-4-8-21(17)25-19)15-20-13-11-18-7-3-5-9-22(18)26-20/h2-6,9-10,12,18-19,21,23,25H,7-8,11,13-16H2,1H3,(H,28,29)/t18?,19-,21?,23?/m0/s1. The molecule has 0 aromatic rings. The number of fused-ring (bicyclic) bond motifs is 2. The Balaban J connectivity index is 1.51. The Labute approximate surface area is 183 Å². The summed E-state index contributed by atoms with van der Waals surface area (Å²) < 4.78 is 0. The fourth-order valence-electron chi connectivity index (χ4n) is 4.67. The molecule has 0 aromatic heterocycles. The second-order valence-electron chi connectivity index (χ2n) is 8.42. The summed E-state index contributed by atoms with van der Waals surface area (Å²) in [5, 5.41) is 13.6. The SMILES string of the molecule is CSCC(C(=O)O)N(CC1=NC2=CC=CCC2CC1)C[C@@H]1C=CC2=CC=CCC2N1. The van der Waals surface area contributed by atoms with E-state index in [4.69, 9.17) is 4.99 Å². The molecule has 2 aliphatic carbocycles. The largest absolute Gasteiger partial charge is 0.480 e. The van der Waals surface area contributed by atoms with Gasteiger partial charge in [0.2, 0.25) is 0 Å². The monoisotopic (exact) mass is 425 g/mol. The molecule has 30 heavy (non-hydrogen) atoms. The normalized spacial score (nSPS) is 28.3. The van der Waals surface area contributed by atoms with Crippen molar-refractivity contribution in [3.63, 3.8) is 0 Å². The lowest BCUT2D eigenvalue weighted by molar-refractivity contribution is -0.142. The van der Waals surface area contributed by atoms with Gasteiger partial charge in [0.15, 0.2) is 0 Å². The quantitative estimate of drug-likeness (QED) is 0.622. The van der Waals surface area contributed by atoms with Crippen molar-refractivity contribution in [2.24, 2.45) is 10.9 Å². The fourth-order valence-corrected chi connectivity index (χ4v) is 5.34. The van der Waals surface area contributed by atoms with Crippen molar-refractivity contribution in [1.82, 2.24) is 10.2 Å². The number of aliphatic carboxylic acids is 1. The lowest BCUT2D eigenvalue weighted by Crippen LogP contribution is -2.53. The first kappa shape index (κ1) is 21.3. The summed E-state index contributed by atoms with van der Waals surface area (Å²) in [5.74, 6) is 0.352. The van der Waals surface area contributed by atoms with Crippen LogP contribution in [-0.2, 0) is 4.79 Å². The molecule has 0 radical (unpaired) electrons. The van der Waals surface area contributed by atoms with E-state index in [-0.39, 0.29) is 6.04 Å². The Morgan fingerprint density at radius 3 is 3.00 bits per heavy atom. The van der Waals surface area contributed by atoms with Crippen molar-refractivity contribution in [2.75, 3.05) is 25.1 Å².